The van der Waals surface area contributed by atoms with E-state index in [4.69, 9.17) is 0 Å². The van der Waals surface area contributed by atoms with E-state index < -0.39 is 10.8 Å². The molecular weight excluding hydrogens is 354 g/mol. The number of rotatable bonds is 0. The Hall–Kier alpha value is -1.94. The smallest absolute Gasteiger partial charge is 0.219 e. The molecule has 1 amide bonds. The van der Waals surface area contributed by atoms with E-state index in [2.05, 4.69) is 12.1 Å². The number of carbonyl (C=O) groups is 1. The first kappa shape index (κ1) is 21.4. The second-order valence-corrected chi connectivity index (χ2v) is 7.77. The SMILES string of the molecule is CC.CC.CC(=O)N1CCC2(CC1)c1ccccc1S(=O)c1ccccc12. The molecule has 1 spiro atoms. The lowest BCUT2D eigenvalue weighted by molar-refractivity contribution is -0.130. The van der Waals surface area contributed by atoms with E-state index in [9.17, 15) is 9.00 Å². The van der Waals surface area contributed by atoms with E-state index >= 15 is 0 Å². The van der Waals surface area contributed by atoms with Gasteiger partial charge in [-0.25, -0.2) is 4.21 Å². The molecule has 2 aliphatic heterocycles. The summed E-state index contributed by atoms with van der Waals surface area (Å²) in [6.07, 6.45) is 1.77. The van der Waals surface area contributed by atoms with Crippen molar-refractivity contribution in [3.05, 3.63) is 59.7 Å². The molecule has 1 saturated heterocycles. The molecule has 146 valence electrons. The molecule has 0 aliphatic carbocycles. The molecule has 2 heterocycles. The van der Waals surface area contributed by atoms with E-state index in [0.29, 0.717) is 0 Å². The summed E-state index contributed by atoms with van der Waals surface area (Å²) in [4.78, 5) is 15.5. The van der Waals surface area contributed by atoms with Crippen LogP contribution in [-0.4, -0.2) is 28.1 Å². The maximum absolute atomic E-state index is 13.0. The van der Waals surface area contributed by atoms with Crippen molar-refractivity contribution in [3.63, 3.8) is 0 Å². The minimum atomic E-state index is -1.12. The Kier molecular flexibility index (Phi) is 7.37. The van der Waals surface area contributed by atoms with Crippen LogP contribution in [0.25, 0.3) is 0 Å². The number of likely N-dealkylation sites (tertiary alicyclic amines) is 1. The average Bonchev–Trinajstić information content (AvgIpc) is 2.75. The van der Waals surface area contributed by atoms with Crippen LogP contribution in [0.5, 0.6) is 0 Å². The number of benzene rings is 2. The first-order valence-corrected chi connectivity index (χ1v) is 11.1. The molecule has 0 unspecified atom stereocenters. The summed E-state index contributed by atoms with van der Waals surface area (Å²) >= 11 is 0. The van der Waals surface area contributed by atoms with Gasteiger partial charge >= 0.3 is 0 Å². The molecule has 0 saturated carbocycles. The van der Waals surface area contributed by atoms with Gasteiger partial charge in [0.1, 0.15) is 0 Å². The van der Waals surface area contributed by atoms with Crippen molar-refractivity contribution < 1.29 is 9.00 Å². The summed E-state index contributed by atoms with van der Waals surface area (Å²) in [5.74, 6) is 0.140. The second-order valence-electron chi connectivity index (χ2n) is 6.35. The summed E-state index contributed by atoms with van der Waals surface area (Å²) in [5.41, 5.74) is 2.24. The highest BCUT2D eigenvalue weighted by Gasteiger charge is 2.45. The molecule has 0 bridgehead atoms. The van der Waals surface area contributed by atoms with Crippen LogP contribution in [-0.2, 0) is 21.0 Å². The molecule has 2 aromatic rings. The van der Waals surface area contributed by atoms with Crippen LogP contribution in [0.1, 0.15) is 58.6 Å². The quantitative estimate of drug-likeness (QED) is 0.629. The summed E-state index contributed by atoms with van der Waals surface area (Å²) in [6, 6.07) is 16.2. The number of hydrogen-bond acceptors (Lipinski definition) is 2. The largest absolute Gasteiger partial charge is 0.343 e. The van der Waals surface area contributed by atoms with Crippen LogP contribution >= 0.6 is 0 Å². The fraction of sp³-hybridized carbons (Fsp3) is 0.435. The maximum atomic E-state index is 13.0. The lowest BCUT2D eigenvalue weighted by Crippen LogP contribution is -2.46. The van der Waals surface area contributed by atoms with E-state index in [1.807, 2.05) is 69.0 Å². The number of nitrogens with zero attached hydrogens (tertiary/aromatic N) is 1. The monoisotopic (exact) mass is 385 g/mol. The molecule has 27 heavy (non-hydrogen) atoms. The van der Waals surface area contributed by atoms with Crippen molar-refractivity contribution in [1.82, 2.24) is 4.90 Å². The third-order valence-electron chi connectivity index (χ3n) is 5.27. The van der Waals surface area contributed by atoms with Crippen LogP contribution in [0.2, 0.25) is 0 Å². The van der Waals surface area contributed by atoms with Gasteiger partial charge in [-0.3, -0.25) is 4.79 Å². The molecule has 0 atom stereocenters. The number of amides is 1. The first-order valence-electron chi connectivity index (χ1n) is 10.00. The summed E-state index contributed by atoms with van der Waals surface area (Å²) in [5, 5.41) is 0. The maximum Gasteiger partial charge on any atom is 0.219 e. The Balaban J connectivity index is 0.000000614. The highest BCUT2D eigenvalue weighted by Crippen LogP contribution is 2.49. The zero-order valence-electron chi connectivity index (χ0n) is 17.1. The molecule has 4 heteroatoms. The Morgan fingerprint density at radius 2 is 1.26 bits per heavy atom. The summed E-state index contributed by atoms with van der Waals surface area (Å²) in [6.45, 7) is 11.1. The van der Waals surface area contributed by atoms with Crippen molar-refractivity contribution >= 4 is 16.7 Å². The topological polar surface area (TPSA) is 37.4 Å². The van der Waals surface area contributed by atoms with Crippen LogP contribution in [0.3, 0.4) is 0 Å². The zero-order chi connectivity index (χ0) is 20.0. The first-order chi connectivity index (χ1) is 13.1. The van der Waals surface area contributed by atoms with Gasteiger partial charge in [0.05, 0.1) is 10.8 Å². The number of hydrogen-bond donors (Lipinski definition) is 0. The van der Waals surface area contributed by atoms with Crippen molar-refractivity contribution in [2.45, 2.75) is 62.7 Å². The highest BCUT2D eigenvalue weighted by molar-refractivity contribution is 7.85. The minimum Gasteiger partial charge on any atom is -0.343 e. The summed E-state index contributed by atoms with van der Waals surface area (Å²) < 4.78 is 13.0. The van der Waals surface area contributed by atoms with Gasteiger partial charge < -0.3 is 4.90 Å². The fourth-order valence-electron chi connectivity index (χ4n) is 4.05. The predicted molar refractivity (Wildman–Crippen MR) is 113 cm³/mol. The predicted octanol–water partition coefficient (Wildman–Crippen LogP) is 5.15. The van der Waals surface area contributed by atoms with Gasteiger partial charge in [-0.1, -0.05) is 64.1 Å². The normalized spacial score (nSPS) is 16.9. The van der Waals surface area contributed by atoms with Crippen molar-refractivity contribution in [1.29, 1.82) is 0 Å². The van der Waals surface area contributed by atoms with Gasteiger partial charge in [0.2, 0.25) is 5.91 Å². The van der Waals surface area contributed by atoms with Gasteiger partial charge in [0, 0.05) is 35.2 Å². The van der Waals surface area contributed by atoms with Crippen LogP contribution in [0.4, 0.5) is 0 Å². The van der Waals surface area contributed by atoms with Gasteiger partial charge in [0.25, 0.3) is 0 Å². The number of carbonyl (C=O) groups excluding carboxylic acids is 1. The molecular formula is C23H31NO2S. The van der Waals surface area contributed by atoms with Gasteiger partial charge in [-0.15, -0.1) is 0 Å². The van der Waals surface area contributed by atoms with Crippen molar-refractivity contribution in [3.8, 4) is 0 Å². The second kappa shape index (κ2) is 9.32. The van der Waals surface area contributed by atoms with Crippen LogP contribution < -0.4 is 0 Å². The Labute approximate surface area is 166 Å². The van der Waals surface area contributed by atoms with Crippen LogP contribution in [0, 0.1) is 0 Å². The third-order valence-corrected chi connectivity index (χ3v) is 6.78. The van der Waals surface area contributed by atoms with Gasteiger partial charge in [-0.05, 0) is 36.1 Å². The van der Waals surface area contributed by atoms with Crippen LogP contribution in [0.15, 0.2) is 58.3 Å². The highest BCUT2D eigenvalue weighted by atomic mass is 32.2. The molecule has 1 fully saturated rings. The Morgan fingerprint density at radius 1 is 0.852 bits per heavy atom. The molecule has 3 nitrogen and oxygen atoms in total. The van der Waals surface area contributed by atoms with Gasteiger partial charge in [-0.2, -0.15) is 0 Å². The van der Waals surface area contributed by atoms with Crippen molar-refractivity contribution in [2.24, 2.45) is 0 Å². The third kappa shape index (κ3) is 3.73. The molecule has 0 radical (unpaired) electrons. The van der Waals surface area contributed by atoms with Crippen molar-refractivity contribution in [2.75, 3.05) is 13.1 Å². The number of fused-ring (bicyclic) bond motifs is 4. The minimum absolute atomic E-state index is 0.118. The Morgan fingerprint density at radius 3 is 1.67 bits per heavy atom. The van der Waals surface area contributed by atoms with Gasteiger partial charge in [0.15, 0.2) is 0 Å². The average molecular weight is 386 g/mol. The number of piperidine rings is 1. The van der Waals surface area contributed by atoms with E-state index in [1.165, 1.54) is 11.1 Å². The standard InChI is InChI=1S/C19H19NO2S.2C2H6/c1-14(21)20-12-10-19(11-13-20)15-6-2-4-8-17(15)23(22)18-9-5-3-7-16(18)19;2*1-2/h2-9H,10-13H2,1H3;2*1-2H3. The molecule has 4 rings (SSSR count). The molecule has 2 aliphatic rings. The lowest BCUT2D eigenvalue weighted by Gasteiger charge is -2.45. The molecule has 0 aromatic heterocycles. The van der Waals surface area contributed by atoms with E-state index in [-0.39, 0.29) is 11.3 Å². The van der Waals surface area contributed by atoms with E-state index in [1.54, 1.807) is 6.92 Å². The lowest BCUT2D eigenvalue weighted by atomic mass is 9.67. The molecule has 0 N–H and O–H groups in total. The van der Waals surface area contributed by atoms with E-state index in [0.717, 1.165) is 35.7 Å². The molecule has 2 aromatic carbocycles. The summed E-state index contributed by atoms with van der Waals surface area (Å²) in [7, 11) is -1.12. The fourth-order valence-corrected chi connectivity index (χ4v) is 5.62. The Bertz CT molecular complexity index is 756. The zero-order valence-corrected chi connectivity index (χ0v) is 17.9.